The van der Waals surface area contributed by atoms with Crippen LogP contribution in [0.2, 0.25) is 0 Å². The van der Waals surface area contributed by atoms with Crippen molar-refractivity contribution in [3.05, 3.63) is 71.8 Å². The number of ether oxygens (including phenoxy) is 1. The molecule has 0 N–H and O–H groups in total. The standard InChI is InChI=1S/C19H24O3/c1-15(17-11-7-5-8-12-17)20-16(2)21-22-19(3,4)18-13-9-6-10-14-18/h5-16H,1-4H3. The van der Waals surface area contributed by atoms with Gasteiger partial charge in [0.2, 0.25) is 0 Å². The van der Waals surface area contributed by atoms with E-state index in [1.165, 1.54) is 0 Å². The smallest absolute Gasteiger partial charge is 0.189 e. The first kappa shape index (κ1) is 16.7. The average molecular weight is 300 g/mol. The second kappa shape index (κ2) is 7.54. The fourth-order valence-electron chi connectivity index (χ4n) is 2.19. The molecule has 3 nitrogen and oxygen atoms in total. The lowest BCUT2D eigenvalue weighted by Crippen LogP contribution is -2.26. The summed E-state index contributed by atoms with van der Waals surface area (Å²) in [6.07, 6.45) is -0.516. The van der Waals surface area contributed by atoms with E-state index in [0.717, 1.165) is 11.1 Å². The van der Waals surface area contributed by atoms with Crippen molar-refractivity contribution >= 4 is 0 Å². The SMILES string of the molecule is CC(OOC(C)(C)c1ccccc1)OC(C)c1ccccc1. The molecule has 2 aromatic rings. The van der Waals surface area contributed by atoms with Gasteiger partial charge in [-0.1, -0.05) is 60.7 Å². The largest absolute Gasteiger partial charge is 0.342 e. The van der Waals surface area contributed by atoms with Gasteiger partial charge in [-0.15, -0.1) is 0 Å². The third-order valence-electron chi connectivity index (χ3n) is 3.53. The summed E-state index contributed by atoms with van der Waals surface area (Å²) in [5.74, 6) is 0. The Morgan fingerprint density at radius 3 is 1.95 bits per heavy atom. The van der Waals surface area contributed by atoms with Crippen molar-refractivity contribution in [2.75, 3.05) is 0 Å². The number of hydrogen-bond donors (Lipinski definition) is 0. The lowest BCUT2D eigenvalue weighted by molar-refractivity contribution is -0.423. The number of rotatable bonds is 7. The van der Waals surface area contributed by atoms with Crippen LogP contribution in [0, 0.1) is 0 Å². The maximum absolute atomic E-state index is 5.82. The average Bonchev–Trinajstić information content (AvgIpc) is 2.55. The summed E-state index contributed by atoms with van der Waals surface area (Å²) in [7, 11) is 0. The first-order valence-corrected chi connectivity index (χ1v) is 7.59. The lowest BCUT2D eigenvalue weighted by atomic mass is 9.99. The third kappa shape index (κ3) is 4.67. The Morgan fingerprint density at radius 2 is 1.36 bits per heavy atom. The fraction of sp³-hybridized carbons (Fsp3) is 0.368. The van der Waals surface area contributed by atoms with E-state index in [1.807, 2.05) is 88.4 Å². The molecule has 2 atom stereocenters. The van der Waals surface area contributed by atoms with Gasteiger partial charge < -0.3 is 4.74 Å². The van der Waals surface area contributed by atoms with Gasteiger partial charge >= 0.3 is 0 Å². The molecule has 0 heterocycles. The Balaban J connectivity index is 1.86. The fourth-order valence-corrected chi connectivity index (χ4v) is 2.19. The summed E-state index contributed by atoms with van der Waals surface area (Å²) in [5.41, 5.74) is 1.63. The molecule has 0 saturated heterocycles. The number of benzene rings is 2. The van der Waals surface area contributed by atoms with Crippen molar-refractivity contribution in [1.29, 1.82) is 0 Å². The molecule has 2 rings (SSSR count). The van der Waals surface area contributed by atoms with E-state index in [9.17, 15) is 0 Å². The van der Waals surface area contributed by atoms with Crippen molar-refractivity contribution in [1.82, 2.24) is 0 Å². The Bertz CT molecular complexity index is 551. The van der Waals surface area contributed by atoms with E-state index < -0.39 is 11.9 Å². The zero-order valence-electron chi connectivity index (χ0n) is 13.7. The number of hydrogen-bond acceptors (Lipinski definition) is 3. The summed E-state index contributed by atoms with van der Waals surface area (Å²) in [6, 6.07) is 20.0. The van der Waals surface area contributed by atoms with Crippen LogP contribution in [0.25, 0.3) is 0 Å². The quantitative estimate of drug-likeness (QED) is 0.409. The molecule has 0 aliphatic carbocycles. The molecule has 0 aliphatic heterocycles. The first-order valence-electron chi connectivity index (χ1n) is 7.59. The van der Waals surface area contributed by atoms with Crippen LogP contribution < -0.4 is 0 Å². The van der Waals surface area contributed by atoms with Crippen molar-refractivity contribution < 1.29 is 14.5 Å². The third-order valence-corrected chi connectivity index (χ3v) is 3.53. The van der Waals surface area contributed by atoms with Crippen LogP contribution in [0.4, 0.5) is 0 Å². The highest BCUT2D eigenvalue weighted by atomic mass is 17.2. The normalized spacial score (nSPS) is 14.5. The molecule has 0 bridgehead atoms. The Labute approximate surface area is 132 Å². The second-order valence-electron chi connectivity index (χ2n) is 5.81. The molecular weight excluding hydrogens is 276 g/mol. The van der Waals surface area contributed by atoms with Crippen molar-refractivity contribution in [3.8, 4) is 0 Å². The summed E-state index contributed by atoms with van der Waals surface area (Å²) >= 11 is 0. The van der Waals surface area contributed by atoms with Crippen LogP contribution in [-0.2, 0) is 20.1 Å². The summed E-state index contributed by atoms with van der Waals surface area (Å²) < 4.78 is 5.82. The van der Waals surface area contributed by atoms with Crippen LogP contribution in [0.1, 0.15) is 44.9 Å². The Morgan fingerprint density at radius 1 is 0.818 bits per heavy atom. The van der Waals surface area contributed by atoms with Gasteiger partial charge in [0.15, 0.2) is 6.29 Å². The minimum absolute atomic E-state index is 0.0559. The first-order chi connectivity index (χ1) is 10.5. The molecule has 0 aliphatic rings. The zero-order chi connectivity index (χ0) is 16.0. The van der Waals surface area contributed by atoms with Crippen LogP contribution in [-0.4, -0.2) is 6.29 Å². The van der Waals surface area contributed by atoms with Gasteiger partial charge in [0.05, 0.1) is 6.10 Å². The molecule has 0 saturated carbocycles. The maximum Gasteiger partial charge on any atom is 0.189 e. The predicted molar refractivity (Wildman–Crippen MR) is 87.0 cm³/mol. The van der Waals surface area contributed by atoms with Gasteiger partial charge in [0, 0.05) is 0 Å². The molecule has 0 spiro atoms. The van der Waals surface area contributed by atoms with Crippen LogP contribution in [0.5, 0.6) is 0 Å². The Kier molecular flexibility index (Phi) is 5.72. The van der Waals surface area contributed by atoms with E-state index in [-0.39, 0.29) is 6.10 Å². The molecule has 3 heteroatoms. The van der Waals surface area contributed by atoms with E-state index in [0.29, 0.717) is 0 Å². The van der Waals surface area contributed by atoms with E-state index >= 15 is 0 Å². The van der Waals surface area contributed by atoms with Crippen LogP contribution >= 0.6 is 0 Å². The van der Waals surface area contributed by atoms with Crippen molar-refractivity contribution in [3.63, 3.8) is 0 Å². The lowest BCUT2D eigenvalue weighted by Gasteiger charge is -2.27. The summed E-state index contributed by atoms with van der Waals surface area (Å²) in [4.78, 5) is 11.0. The minimum Gasteiger partial charge on any atom is -0.342 e. The van der Waals surface area contributed by atoms with Gasteiger partial charge in [-0.2, -0.15) is 0 Å². The van der Waals surface area contributed by atoms with Crippen LogP contribution in [0.15, 0.2) is 60.7 Å². The second-order valence-corrected chi connectivity index (χ2v) is 5.81. The highest BCUT2D eigenvalue weighted by Crippen LogP contribution is 2.26. The summed E-state index contributed by atoms with van der Waals surface area (Å²) in [6.45, 7) is 7.77. The molecule has 118 valence electrons. The topological polar surface area (TPSA) is 27.7 Å². The molecule has 2 aromatic carbocycles. The molecule has 0 aromatic heterocycles. The Hall–Kier alpha value is -1.68. The van der Waals surface area contributed by atoms with Crippen molar-refractivity contribution in [2.24, 2.45) is 0 Å². The molecule has 22 heavy (non-hydrogen) atoms. The predicted octanol–water partition coefficient (Wildman–Crippen LogP) is 4.99. The van der Waals surface area contributed by atoms with Gasteiger partial charge in [0.1, 0.15) is 5.60 Å². The molecule has 0 fully saturated rings. The van der Waals surface area contributed by atoms with E-state index in [2.05, 4.69) is 0 Å². The zero-order valence-corrected chi connectivity index (χ0v) is 13.7. The molecular formula is C19H24O3. The van der Waals surface area contributed by atoms with E-state index in [1.54, 1.807) is 0 Å². The van der Waals surface area contributed by atoms with Crippen molar-refractivity contribution in [2.45, 2.75) is 45.7 Å². The summed E-state index contributed by atoms with van der Waals surface area (Å²) in [5, 5.41) is 0. The van der Waals surface area contributed by atoms with E-state index in [4.69, 9.17) is 14.5 Å². The maximum atomic E-state index is 5.82. The molecule has 2 unspecified atom stereocenters. The molecule has 0 amide bonds. The van der Waals surface area contributed by atoms with Gasteiger partial charge in [0.25, 0.3) is 0 Å². The minimum atomic E-state index is -0.533. The highest BCUT2D eigenvalue weighted by molar-refractivity contribution is 5.20. The monoisotopic (exact) mass is 300 g/mol. The molecule has 0 radical (unpaired) electrons. The van der Waals surface area contributed by atoms with Gasteiger partial charge in [-0.3, -0.25) is 0 Å². The van der Waals surface area contributed by atoms with Gasteiger partial charge in [-0.05, 0) is 38.8 Å². The highest BCUT2D eigenvalue weighted by Gasteiger charge is 2.24. The van der Waals surface area contributed by atoms with Crippen LogP contribution in [0.3, 0.4) is 0 Å². The van der Waals surface area contributed by atoms with Gasteiger partial charge in [-0.25, -0.2) is 9.78 Å².